The van der Waals surface area contributed by atoms with Crippen molar-refractivity contribution in [2.75, 3.05) is 25.0 Å². The van der Waals surface area contributed by atoms with Crippen molar-refractivity contribution >= 4 is 17.6 Å². The average Bonchev–Trinajstić information content (AvgIpc) is 3.40. The number of urea groups is 1. The number of carbonyl (C=O) groups excluding carboxylic acids is 2. The molecule has 1 N–H and O–H groups in total. The summed E-state index contributed by atoms with van der Waals surface area (Å²) in [5.41, 5.74) is 4.27. The van der Waals surface area contributed by atoms with Crippen LogP contribution < -0.4 is 10.2 Å². The zero-order valence-electron chi connectivity index (χ0n) is 16.5. The van der Waals surface area contributed by atoms with E-state index in [2.05, 4.69) is 10.4 Å². The van der Waals surface area contributed by atoms with Gasteiger partial charge in [0, 0.05) is 50.3 Å². The van der Waals surface area contributed by atoms with E-state index in [0.717, 1.165) is 22.5 Å². The number of anilines is 1. The standard InChI is InChI=1S/C22H23N5O2/c1-16-7-8-18(14-20(16)26-12-10-23-22(26)29)21(28)25(2)15-17-5-3-6-19(13-17)27-11-4-9-24-27/h3-9,11,13-14H,10,12,15H2,1-2H3,(H,23,29). The number of aryl methyl sites for hydroxylation is 1. The molecule has 148 valence electrons. The smallest absolute Gasteiger partial charge is 0.322 e. The van der Waals surface area contributed by atoms with Gasteiger partial charge in [-0.25, -0.2) is 9.48 Å². The minimum absolute atomic E-state index is 0.0876. The van der Waals surface area contributed by atoms with Crippen molar-refractivity contribution in [2.24, 2.45) is 0 Å². The van der Waals surface area contributed by atoms with Gasteiger partial charge in [0.05, 0.1) is 5.69 Å². The fourth-order valence-corrected chi connectivity index (χ4v) is 3.52. The van der Waals surface area contributed by atoms with E-state index in [9.17, 15) is 9.59 Å². The molecule has 29 heavy (non-hydrogen) atoms. The molecule has 0 aliphatic carbocycles. The van der Waals surface area contributed by atoms with Crippen LogP contribution in [0.1, 0.15) is 21.5 Å². The molecule has 2 heterocycles. The molecule has 1 aromatic heterocycles. The van der Waals surface area contributed by atoms with Crippen molar-refractivity contribution < 1.29 is 9.59 Å². The van der Waals surface area contributed by atoms with Crippen molar-refractivity contribution in [2.45, 2.75) is 13.5 Å². The lowest BCUT2D eigenvalue weighted by Crippen LogP contribution is -2.29. The van der Waals surface area contributed by atoms with E-state index in [0.29, 0.717) is 25.2 Å². The highest BCUT2D eigenvalue weighted by molar-refractivity contribution is 5.99. The van der Waals surface area contributed by atoms with Gasteiger partial charge in [0.2, 0.25) is 0 Å². The Morgan fingerprint density at radius 3 is 2.79 bits per heavy atom. The summed E-state index contributed by atoms with van der Waals surface area (Å²) in [4.78, 5) is 28.4. The predicted molar refractivity (Wildman–Crippen MR) is 111 cm³/mol. The highest BCUT2D eigenvalue weighted by Crippen LogP contribution is 2.24. The molecule has 2 aromatic carbocycles. The molecule has 0 atom stereocenters. The van der Waals surface area contributed by atoms with Crippen LogP contribution in [-0.2, 0) is 6.54 Å². The minimum Gasteiger partial charge on any atom is -0.337 e. The summed E-state index contributed by atoms with van der Waals surface area (Å²) in [7, 11) is 1.78. The van der Waals surface area contributed by atoms with Crippen LogP contribution in [0.15, 0.2) is 60.9 Å². The molecule has 1 aliphatic rings. The lowest BCUT2D eigenvalue weighted by Gasteiger charge is -2.21. The number of benzene rings is 2. The first-order valence-corrected chi connectivity index (χ1v) is 9.53. The molecule has 7 heteroatoms. The highest BCUT2D eigenvalue weighted by Gasteiger charge is 2.24. The monoisotopic (exact) mass is 389 g/mol. The Hall–Kier alpha value is -3.61. The predicted octanol–water partition coefficient (Wildman–Crippen LogP) is 2.98. The number of hydrogen-bond donors (Lipinski definition) is 1. The van der Waals surface area contributed by atoms with E-state index in [-0.39, 0.29) is 11.9 Å². The number of nitrogens with one attached hydrogen (secondary N) is 1. The molecule has 7 nitrogen and oxygen atoms in total. The molecule has 1 fully saturated rings. The third-order valence-electron chi connectivity index (χ3n) is 5.05. The molecule has 0 bridgehead atoms. The van der Waals surface area contributed by atoms with E-state index in [1.54, 1.807) is 33.8 Å². The summed E-state index contributed by atoms with van der Waals surface area (Å²) in [6, 6.07) is 15.2. The van der Waals surface area contributed by atoms with Gasteiger partial charge in [-0.05, 0) is 48.4 Å². The minimum atomic E-state index is -0.124. The van der Waals surface area contributed by atoms with Gasteiger partial charge >= 0.3 is 6.03 Å². The third-order valence-corrected chi connectivity index (χ3v) is 5.05. The van der Waals surface area contributed by atoms with Crippen molar-refractivity contribution in [3.63, 3.8) is 0 Å². The van der Waals surface area contributed by atoms with Crippen molar-refractivity contribution in [1.29, 1.82) is 0 Å². The van der Waals surface area contributed by atoms with Crippen molar-refractivity contribution in [1.82, 2.24) is 20.0 Å². The molecule has 1 aliphatic heterocycles. The van der Waals surface area contributed by atoms with E-state index in [4.69, 9.17) is 0 Å². The third kappa shape index (κ3) is 3.85. The van der Waals surface area contributed by atoms with Crippen LogP contribution in [0.2, 0.25) is 0 Å². The summed E-state index contributed by atoms with van der Waals surface area (Å²) in [5.74, 6) is -0.0876. The fraction of sp³-hybridized carbons (Fsp3) is 0.227. The largest absolute Gasteiger partial charge is 0.337 e. The van der Waals surface area contributed by atoms with E-state index in [1.165, 1.54) is 0 Å². The Balaban J connectivity index is 1.53. The zero-order valence-corrected chi connectivity index (χ0v) is 16.5. The van der Waals surface area contributed by atoms with Crippen LogP contribution in [0.5, 0.6) is 0 Å². The molecule has 1 saturated heterocycles. The van der Waals surface area contributed by atoms with Crippen LogP contribution in [-0.4, -0.2) is 46.8 Å². The number of aromatic nitrogens is 2. The number of rotatable bonds is 5. The lowest BCUT2D eigenvalue weighted by molar-refractivity contribution is 0.0785. The Morgan fingerprint density at radius 1 is 1.21 bits per heavy atom. The van der Waals surface area contributed by atoms with Gasteiger partial charge in [0.25, 0.3) is 5.91 Å². The maximum absolute atomic E-state index is 13.0. The quantitative estimate of drug-likeness (QED) is 0.729. The Kier molecular flexibility index (Phi) is 5.03. The van der Waals surface area contributed by atoms with Gasteiger partial charge in [0.1, 0.15) is 0 Å². The first kappa shape index (κ1) is 18.7. The van der Waals surface area contributed by atoms with Gasteiger partial charge in [0.15, 0.2) is 0 Å². The van der Waals surface area contributed by atoms with Gasteiger partial charge in [-0.1, -0.05) is 18.2 Å². The summed E-state index contributed by atoms with van der Waals surface area (Å²) < 4.78 is 1.79. The molecule has 0 saturated carbocycles. The highest BCUT2D eigenvalue weighted by atomic mass is 16.2. The Labute approximate surface area is 169 Å². The summed E-state index contributed by atoms with van der Waals surface area (Å²) in [5, 5.41) is 7.05. The second-order valence-corrected chi connectivity index (χ2v) is 7.17. The van der Waals surface area contributed by atoms with Gasteiger partial charge in [-0.15, -0.1) is 0 Å². The number of carbonyl (C=O) groups is 2. The van der Waals surface area contributed by atoms with Crippen molar-refractivity contribution in [3.8, 4) is 5.69 Å². The van der Waals surface area contributed by atoms with Gasteiger partial charge in [-0.2, -0.15) is 5.10 Å². The molecule has 3 amide bonds. The first-order valence-electron chi connectivity index (χ1n) is 9.53. The maximum Gasteiger partial charge on any atom is 0.322 e. The summed E-state index contributed by atoms with van der Waals surface area (Å²) in [6.07, 6.45) is 3.62. The maximum atomic E-state index is 13.0. The van der Waals surface area contributed by atoms with Gasteiger partial charge < -0.3 is 10.2 Å². The van der Waals surface area contributed by atoms with Crippen LogP contribution >= 0.6 is 0 Å². The summed E-state index contributed by atoms with van der Waals surface area (Å²) >= 11 is 0. The number of nitrogens with zero attached hydrogens (tertiary/aromatic N) is 4. The lowest BCUT2D eigenvalue weighted by atomic mass is 10.1. The second kappa shape index (κ2) is 7.79. The normalized spacial score (nSPS) is 13.4. The molecule has 0 unspecified atom stereocenters. The molecular weight excluding hydrogens is 366 g/mol. The topological polar surface area (TPSA) is 70.5 Å². The van der Waals surface area contributed by atoms with Crippen LogP contribution in [0.4, 0.5) is 10.5 Å². The van der Waals surface area contributed by atoms with Gasteiger partial charge in [-0.3, -0.25) is 9.69 Å². The van der Waals surface area contributed by atoms with E-state index in [1.807, 2.05) is 55.6 Å². The van der Waals surface area contributed by atoms with E-state index >= 15 is 0 Å². The average molecular weight is 389 g/mol. The van der Waals surface area contributed by atoms with Crippen LogP contribution in [0, 0.1) is 6.92 Å². The molecule has 4 rings (SSSR count). The molecule has 0 spiro atoms. The SMILES string of the molecule is Cc1ccc(C(=O)N(C)Cc2cccc(-n3cccn3)c2)cc1N1CCNC1=O. The zero-order chi connectivity index (χ0) is 20.4. The summed E-state index contributed by atoms with van der Waals surface area (Å²) in [6.45, 7) is 3.64. The molecule has 0 radical (unpaired) electrons. The van der Waals surface area contributed by atoms with Crippen molar-refractivity contribution in [3.05, 3.63) is 77.6 Å². The van der Waals surface area contributed by atoms with Crippen LogP contribution in [0.25, 0.3) is 5.69 Å². The number of hydrogen-bond acceptors (Lipinski definition) is 3. The van der Waals surface area contributed by atoms with E-state index < -0.39 is 0 Å². The number of amides is 3. The fourth-order valence-electron chi connectivity index (χ4n) is 3.52. The molecular formula is C22H23N5O2. The Bertz CT molecular complexity index is 1050. The first-order chi connectivity index (χ1) is 14.0. The Morgan fingerprint density at radius 2 is 2.07 bits per heavy atom. The van der Waals surface area contributed by atoms with Crippen LogP contribution in [0.3, 0.4) is 0 Å². The second-order valence-electron chi connectivity index (χ2n) is 7.17. The molecule has 3 aromatic rings.